The molecule has 0 atom stereocenters. The van der Waals surface area contributed by atoms with Crippen LogP contribution in [-0.2, 0) is 30.5 Å². The molecule has 0 aliphatic heterocycles. The van der Waals surface area contributed by atoms with Crippen molar-refractivity contribution in [1.82, 2.24) is 9.97 Å². The van der Waals surface area contributed by atoms with E-state index < -0.39 is 32.6 Å². The molecule has 8 nitrogen and oxygen atoms in total. The molecule has 39 heavy (non-hydrogen) atoms. The largest absolute Gasteiger partial charge is 0.744 e. The van der Waals surface area contributed by atoms with E-state index in [1.165, 1.54) is 12.1 Å². The SMILES string of the molecule is CC(C)(C)OC(=O)COc1ccc([S+](c2ccccn2)c2ccccn2)cc1.Cc1ccc(S(=O)(=O)[O-])cc1. The van der Waals surface area contributed by atoms with E-state index in [1.54, 1.807) is 24.5 Å². The summed E-state index contributed by atoms with van der Waals surface area (Å²) in [5, 5.41) is 1.90. The van der Waals surface area contributed by atoms with E-state index in [4.69, 9.17) is 9.47 Å². The zero-order valence-corrected chi connectivity index (χ0v) is 23.7. The third-order valence-corrected chi connectivity index (χ3v) is 7.75. The summed E-state index contributed by atoms with van der Waals surface area (Å²) in [6.07, 6.45) is 3.58. The van der Waals surface area contributed by atoms with Crippen molar-refractivity contribution in [3.05, 3.63) is 103 Å². The molecule has 0 aliphatic rings. The first kappa shape index (κ1) is 29.8. The number of esters is 1. The van der Waals surface area contributed by atoms with E-state index in [9.17, 15) is 17.8 Å². The lowest BCUT2D eigenvalue weighted by Gasteiger charge is -2.19. The van der Waals surface area contributed by atoms with Gasteiger partial charge >= 0.3 is 5.97 Å². The molecule has 4 aromatic rings. The highest BCUT2D eigenvalue weighted by Crippen LogP contribution is 2.29. The molecule has 204 valence electrons. The summed E-state index contributed by atoms with van der Waals surface area (Å²) in [5.41, 5.74) is 0.404. The maximum absolute atomic E-state index is 11.8. The Morgan fingerprint density at radius 1 is 0.846 bits per heavy atom. The Hall–Kier alpha value is -3.73. The van der Waals surface area contributed by atoms with Crippen molar-refractivity contribution < 1.29 is 27.2 Å². The van der Waals surface area contributed by atoms with Crippen LogP contribution in [-0.4, -0.2) is 41.1 Å². The molecule has 2 aromatic carbocycles. The van der Waals surface area contributed by atoms with Crippen LogP contribution in [0.25, 0.3) is 0 Å². The topological polar surface area (TPSA) is 119 Å². The second-order valence-corrected chi connectivity index (χ2v) is 12.6. The zero-order valence-electron chi connectivity index (χ0n) is 22.1. The van der Waals surface area contributed by atoms with Crippen molar-refractivity contribution in [2.24, 2.45) is 0 Å². The third-order valence-electron chi connectivity index (χ3n) is 4.84. The van der Waals surface area contributed by atoms with Gasteiger partial charge in [-0.2, -0.15) is 0 Å². The predicted octanol–water partition coefficient (Wildman–Crippen LogP) is 5.19. The van der Waals surface area contributed by atoms with Crippen molar-refractivity contribution in [3.8, 4) is 5.75 Å². The lowest BCUT2D eigenvalue weighted by atomic mass is 10.2. The first-order valence-corrected chi connectivity index (χ1v) is 14.6. The second-order valence-electron chi connectivity index (χ2n) is 9.26. The average molecular weight is 567 g/mol. The summed E-state index contributed by atoms with van der Waals surface area (Å²) in [6.45, 7) is 7.19. The van der Waals surface area contributed by atoms with Gasteiger partial charge in [0.05, 0.1) is 4.90 Å². The minimum absolute atomic E-state index is 0.122. The molecule has 0 spiro atoms. The van der Waals surface area contributed by atoms with Gasteiger partial charge in [0, 0.05) is 24.5 Å². The summed E-state index contributed by atoms with van der Waals surface area (Å²) in [7, 11) is -4.69. The first-order valence-electron chi connectivity index (χ1n) is 12.0. The van der Waals surface area contributed by atoms with Crippen LogP contribution in [0.5, 0.6) is 5.75 Å². The molecule has 0 amide bonds. The van der Waals surface area contributed by atoms with E-state index in [2.05, 4.69) is 9.97 Å². The van der Waals surface area contributed by atoms with Gasteiger partial charge in [-0.1, -0.05) is 29.8 Å². The maximum atomic E-state index is 11.8. The predicted molar refractivity (Wildman–Crippen MR) is 148 cm³/mol. The summed E-state index contributed by atoms with van der Waals surface area (Å²) in [5.74, 6) is 0.221. The molecule has 2 aromatic heterocycles. The Balaban J connectivity index is 0.000000320. The fourth-order valence-electron chi connectivity index (χ4n) is 3.17. The van der Waals surface area contributed by atoms with E-state index in [0.29, 0.717) is 5.75 Å². The van der Waals surface area contributed by atoms with E-state index in [1.807, 2.05) is 88.4 Å². The number of carbonyl (C=O) groups is 1. The summed E-state index contributed by atoms with van der Waals surface area (Å²) in [6, 6.07) is 25.2. The molecular weight excluding hydrogens is 536 g/mol. The lowest BCUT2D eigenvalue weighted by Crippen LogP contribution is -2.27. The number of carbonyl (C=O) groups excluding carboxylic acids is 1. The molecule has 0 aliphatic carbocycles. The molecule has 0 unspecified atom stereocenters. The average Bonchev–Trinajstić information content (AvgIpc) is 2.89. The molecule has 10 heteroatoms. The number of hydrogen-bond donors (Lipinski definition) is 0. The summed E-state index contributed by atoms with van der Waals surface area (Å²) in [4.78, 5) is 21.8. The molecule has 0 bridgehead atoms. The van der Waals surface area contributed by atoms with Gasteiger partial charge < -0.3 is 14.0 Å². The van der Waals surface area contributed by atoms with Gasteiger partial charge in [-0.25, -0.2) is 23.2 Å². The minimum Gasteiger partial charge on any atom is -0.744 e. The van der Waals surface area contributed by atoms with E-state index in [0.717, 1.165) is 20.5 Å². The Labute approximate surface area is 232 Å². The first-order chi connectivity index (χ1) is 18.4. The molecule has 4 rings (SSSR count). The smallest absolute Gasteiger partial charge is 0.344 e. The van der Waals surface area contributed by atoms with Crippen molar-refractivity contribution in [2.75, 3.05) is 6.61 Å². The van der Waals surface area contributed by atoms with Crippen LogP contribution in [0.4, 0.5) is 0 Å². The van der Waals surface area contributed by atoms with Crippen molar-refractivity contribution in [1.29, 1.82) is 0 Å². The number of rotatable bonds is 7. The number of aryl methyl sites for hydroxylation is 1. The Morgan fingerprint density at radius 2 is 1.38 bits per heavy atom. The Bertz CT molecular complexity index is 1400. The molecule has 0 saturated carbocycles. The highest BCUT2D eigenvalue weighted by molar-refractivity contribution is 7.96. The van der Waals surface area contributed by atoms with E-state index in [-0.39, 0.29) is 11.5 Å². The number of aromatic nitrogens is 2. The fraction of sp³-hybridized carbons (Fsp3) is 0.207. The highest BCUT2D eigenvalue weighted by Gasteiger charge is 2.31. The number of hydrogen-bond acceptors (Lipinski definition) is 8. The van der Waals surface area contributed by atoms with Crippen LogP contribution >= 0.6 is 0 Å². The molecular formula is C29H30N2O6S2. The van der Waals surface area contributed by atoms with Crippen LogP contribution in [0.3, 0.4) is 0 Å². The zero-order chi connectivity index (χ0) is 28.5. The van der Waals surface area contributed by atoms with E-state index >= 15 is 0 Å². The van der Waals surface area contributed by atoms with Gasteiger partial charge in [0.25, 0.3) is 10.1 Å². The highest BCUT2D eigenvalue weighted by atomic mass is 32.2. The standard InChI is InChI=1S/C22H23N2O3S.C7H8O3S/c1-22(2,3)27-21(25)16-26-17-10-12-18(13-11-17)28(19-8-4-6-14-23-19)20-9-5-7-15-24-20;1-6-2-4-7(5-3-6)11(8,9)10/h4-15H,16H2,1-3H3;2-5H,1H3,(H,8,9,10)/q+1;/p-1. The lowest BCUT2D eigenvalue weighted by molar-refractivity contribution is -0.157. The molecule has 0 fully saturated rings. The summed E-state index contributed by atoms with van der Waals surface area (Å²) >= 11 is 0. The third kappa shape index (κ3) is 9.82. The van der Waals surface area contributed by atoms with Crippen molar-refractivity contribution in [2.45, 2.75) is 53.1 Å². The van der Waals surface area contributed by atoms with Crippen LogP contribution in [0.2, 0.25) is 0 Å². The molecule has 0 radical (unpaired) electrons. The van der Waals surface area contributed by atoms with Gasteiger partial charge in [-0.05, 0) is 76.2 Å². The van der Waals surface area contributed by atoms with Crippen molar-refractivity contribution in [3.63, 3.8) is 0 Å². The van der Waals surface area contributed by atoms with Gasteiger partial charge in [0.2, 0.25) is 0 Å². The van der Waals surface area contributed by atoms with Gasteiger partial charge in [0.1, 0.15) is 32.4 Å². The number of benzene rings is 2. The normalized spacial score (nSPS) is 11.3. The monoisotopic (exact) mass is 566 g/mol. The van der Waals surface area contributed by atoms with Crippen LogP contribution < -0.4 is 4.74 Å². The van der Waals surface area contributed by atoms with Gasteiger partial charge in [-0.15, -0.1) is 0 Å². The second kappa shape index (κ2) is 13.4. The number of pyridine rings is 2. The maximum Gasteiger partial charge on any atom is 0.344 e. The van der Waals surface area contributed by atoms with Crippen LogP contribution in [0, 0.1) is 6.92 Å². The Kier molecular flexibility index (Phi) is 10.2. The fourth-order valence-corrected chi connectivity index (χ4v) is 5.51. The van der Waals surface area contributed by atoms with Crippen molar-refractivity contribution >= 4 is 27.0 Å². The number of ether oxygens (including phenoxy) is 2. The van der Waals surface area contributed by atoms with Crippen LogP contribution in [0.15, 0.2) is 117 Å². The number of nitrogens with zero attached hydrogens (tertiary/aromatic N) is 2. The molecule has 2 heterocycles. The Morgan fingerprint density at radius 3 is 1.82 bits per heavy atom. The molecule has 0 saturated heterocycles. The van der Waals surface area contributed by atoms with Crippen LogP contribution in [0.1, 0.15) is 26.3 Å². The molecule has 0 N–H and O–H groups in total. The van der Waals surface area contributed by atoms with Gasteiger partial charge in [-0.3, -0.25) is 0 Å². The quantitative estimate of drug-likeness (QED) is 0.170. The summed E-state index contributed by atoms with van der Waals surface area (Å²) < 4.78 is 42.0. The van der Waals surface area contributed by atoms with Gasteiger partial charge in [0.15, 0.2) is 11.5 Å². The minimum atomic E-state index is -4.27.